The highest BCUT2D eigenvalue weighted by atomic mass is 16.5. The number of anilines is 2. The second kappa shape index (κ2) is 6.51. The van der Waals surface area contributed by atoms with Gasteiger partial charge in [-0.3, -0.25) is 0 Å². The number of nitrogens with one attached hydrogen (secondary N) is 1. The van der Waals surface area contributed by atoms with Gasteiger partial charge in [0.2, 0.25) is 0 Å². The fourth-order valence-electron chi connectivity index (χ4n) is 1.63. The van der Waals surface area contributed by atoms with Gasteiger partial charge in [0.1, 0.15) is 18.0 Å². The zero-order chi connectivity index (χ0) is 13.6. The summed E-state index contributed by atoms with van der Waals surface area (Å²) in [6, 6.07) is 1.90. The summed E-state index contributed by atoms with van der Waals surface area (Å²) in [6.45, 7) is 6.07. The molecule has 0 amide bonds. The molecule has 0 radical (unpaired) electrons. The van der Waals surface area contributed by atoms with Gasteiger partial charge in [-0.25, -0.2) is 9.97 Å². The van der Waals surface area contributed by atoms with E-state index in [2.05, 4.69) is 15.3 Å². The lowest BCUT2D eigenvalue weighted by Crippen LogP contribution is -2.44. The number of hydrogen-bond donors (Lipinski definition) is 2. The molecular formula is C12H23N5O. The molecule has 1 aromatic heterocycles. The summed E-state index contributed by atoms with van der Waals surface area (Å²) < 4.78 is 4.97. The minimum atomic E-state index is -0.261. The molecule has 0 aromatic carbocycles. The lowest BCUT2D eigenvalue weighted by molar-refractivity contribution is 0.210. The van der Waals surface area contributed by atoms with E-state index in [1.54, 1.807) is 13.4 Å². The van der Waals surface area contributed by atoms with Crippen LogP contribution in [-0.4, -0.2) is 49.4 Å². The van der Waals surface area contributed by atoms with E-state index in [-0.39, 0.29) is 5.54 Å². The number of methoxy groups -OCH3 is 1. The van der Waals surface area contributed by atoms with Crippen LogP contribution >= 0.6 is 0 Å². The third-order valence-electron chi connectivity index (χ3n) is 2.30. The first-order valence-electron chi connectivity index (χ1n) is 5.97. The van der Waals surface area contributed by atoms with E-state index in [4.69, 9.17) is 10.5 Å². The van der Waals surface area contributed by atoms with Crippen molar-refractivity contribution in [3.05, 3.63) is 12.4 Å². The van der Waals surface area contributed by atoms with Gasteiger partial charge in [0.05, 0.1) is 6.61 Å². The lowest BCUT2D eigenvalue weighted by Gasteiger charge is -2.27. The van der Waals surface area contributed by atoms with Crippen molar-refractivity contribution in [1.82, 2.24) is 9.97 Å². The van der Waals surface area contributed by atoms with Crippen molar-refractivity contribution < 1.29 is 4.74 Å². The van der Waals surface area contributed by atoms with Gasteiger partial charge in [-0.2, -0.15) is 0 Å². The Morgan fingerprint density at radius 3 is 2.78 bits per heavy atom. The molecule has 1 aromatic rings. The second-order valence-electron chi connectivity index (χ2n) is 5.03. The summed E-state index contributed by atoms with van der Waals surface area (Å²) in [5.74, 6) is 1.64. The van der Waals surface area contributed by atoms with Crippen molar-refractivity contribution in [3.63, 3.8) is 0 Å². The Morgan fingerprint density at radius 2 is 2.17 bits per heavy atom. The molecular weight excluding hydrogens is 230 g/mol. The van der Waals surface area contributed by atoms with Gasteiger partial charge in [0.15, 0.2) is 0 Å². The number of likely N-dealkylation sites (N-methyl/N-ethyl adjacent to an activating group) is 1. The smallest absolute Gasteiger partial charge is 0.133 e. The highest BCUT2D eigenvalue weighted by Gasteiger charge is 2.15. The van der Waals surface area contributed by atoms with Crippen molar-refractivity contribution in [1.29, 1.82) is 0 Å². The van der Waals surface area contributed by atoms with Gasteiger partial charge in [0, 0.05) is 38.9 Å². The van der Waals surface area contributed by atoms with Crippen LogP contribution in [0.15, 0.2) is 12.4 Å². The van der Waals surface area contributed by atoms with E-state index in [1.807, 2.05) is 31.9 Å². The van der Waals surface area contributed by atoms with Crippen LogP contribution in [0.2, 0.25) is 0 Å². The monoisotopic (exact) mass is 253 g/mol. The maximum absolute atomic E-state index is 5.99. The van der Waals surface area contributed by atoms with E-state index in [0.717, 1.165) is 24.7 Å². The molecule has 0 saturated carbocycles. The molecule has 0 fully saturated rings. The second-order valence-corrected chi connectivity index (χ2v) is 5.03. The molecule has 0 aliphatic heterocycles. The predicted molar refractivity (Wildman–Crippen MR) is 73.9 cm³/mol. The average Bonchev–Trinajstić information content (AvgIpc) is 2.27. The fourth-order valence-corrected chi connectivity index (χ4v) is 1.63. The highest BCUT2D eigenvalue weighted by Crippen LogP contribution is 2.14. The quantitative estimate of drug-likeness (QED) is 0.697. The number of aromatic nitrogens is 2. The zero-order valence-corrected chi connectivity index (χ0v) is 11.6. The predicted octanol–water partition coefficient (Wildman–Crippen LogP) is 0.708. The molecule has 6 heteroatoms. The molecule has 102 valence electrons. The van der Waals surface area contributed by atoms with E-state index in [9.17, 15) is 0 Å². The summed E-state index contributed by atoms with van der Waals surface area (Å²) in [7, 11) is 3.64. The molecule has 0 atom stereocenters. The first-order chi connectivity index (χ1) is 8.42. The van der Waals surface area contributed by atoms with Crippen LogP contribution in [0.1, 0.15) is 13.8 Å². The first kappa shape index (κ1) is 14.7. The van der Waals surface area contributed by atoms with Crippen molar-refractivity contribution in [2.24, 2.45) is 5.73 Å². The molecule has 0 unspecified atom stereocenters. The molecule has 3 N–H and O–H groups in total. The number of ether oxygens (including phenoxy) is 1. The van der Waals surface area contributed by atoms with Gasteiger partial charge in [-0.05, 0) is 13.8 Å². The lowest BCUT2D eigenvalue weighted by atomic mass is 10.1. The Labute approximate surface area is 109 Å². The topological polar surface area (TPSA) is 76.3 Å². The Morgan fingerprint density at radius 1 is 1.44 bits per heavy atom. The minimum absolute atomic E-state index is 0.261. The van der Waals surface area contributed by atoms with Crippen molar-refractivity contribution in [3.8, 4) is 0 Å². The van der Waals surface area contributed by atoms with Crippen LogP contribution in [0.4, 0.5) is 11.6 Å². The highest BCUT2D eigenvalue weighted by molar-refractivity contribution is 5.48. The zero-order valence-electron chi connectivity index (χ0n) is 11.6. The van der Waals surface area contributed by atoms with Crippen LogP contribution in [0.25, 0.3) is 0 Å². The van der Waals surface area contributed by atoms with Gasteiger partial charge < -0.3 is 20.7 Å². The molecule has 6 nitrogen and oxygen atoms in total. The normalized spacial score (nSPS) is 11.4. The Kier molecular flexibility index (Phi) is 5.30. The van der Waals surface area contributed by atoms with Crippen LogP contribution < -0.4 is 16.0 Å². The maximum Gasteiger partial charge on any atom is 0.133 e. The largest absolute Gasteiger partial charge is 0.383 e. The third kappa shape index (κ3) is 5.29. The number of rotatable bonds is 7. The van der Waals surface area contributed by atoms with Crippen LogP contribution in [0, 0.1) is 0 Å². The molecule has 1 rings (SSSR count). The average molecular weight is 253 g/mol. The van der Waals surface area contributed by atoms with Gasteiger partial charge in [0.25, 0.3) is 0 Å². The Balaban J connectivity index is 2.63. The Hall–Kier alpha value is -1.40. The molecule has 1 heterocycles. The minimum Gasteiger partial charge on any atom is -0.383 e. The van der Waals surface area contributed by atoms with E-state index in [0.29, 0.717) is 6.61 Å². The van der Waals surface area contributed by atoms with E-state index >= 15 is 0 Å². The maximum atomic E-state index is 5.99. The van der Waals surface area contributed by atoms with Crippen molar-refractivity contribution in [2.45, 2.75) is 19.4 Å². The van der Waals surface area contributed by atoms with Gasteiger partial charge in [-0.1, -0.05) is 0 Å². The van der Waals surface area contributed by atoms with Crippen LogP contribution in [0.3, 0.4) is 0 Å². The SMILES string of the molecule is COCCNc1cc(N(C)CC(C)(C)N)ncn1. The number of nitrogens with zero attached hydrogens (tertiary/aromatic N) is 3. The van der Waals surface area contributed by atoms with Gasteiger partial charge in [-0.15, -0.1) is 0 Å². The molecule has 0 spiro atoms. The summed E-state index contributed by atoms with van der Waals surface area (Å²) >= 11 is 0. The molecule has 18 heavy (non-hydrogen) atoms. The first-order valence-corrected chi connectivity index (χ1v) is 5.97. The molecule has 0 bridgehead atoms. The van der Waals surface area contributed by atoms with Crippen LogP contribution in [0.5, 0.6) is 0 Å². The Bertz CT molecular complexity index is 364. The standard InChI is InChI=1S/C12H23N5O/c1-12(2,13)8-17(3)11-7-10(15-9-16-11)14-5-6-18-4/h7,9H,5-6,8,13H2,1-4H3,(H,14,15,16). The van der Waals surface area contributed by atoms with Gasteiger partial charge >= 0.3 is 0 Å². The van der Waals surface area contributed by atoms with E-state index < -0.39 is 0 Å². The fraction of sp³-hybridized carbons (Fsp3) is 0.667. The van der Waals surface area contributed by atoms with Crippen molar-refractivity contribution in [2.75, 3.05) is 44.1 Å². The summed E-state index contributed by atoms with van der Waals surface area (Å²) in [5, 5.41) is 3.17. The summed E-state index contributed by atoms with van der Waals surface area (Å²) in [6.07, 6.45) is 1.55. The van der Waals surface area contributed by atoms with Crippen molar-refractivity contribution >= 4 is 11.6 Å². The van der Waals surface area contributed by atoms with E-state index in [1.165, 1.54) is 0 Å². The summed E-state index contributed by atoms with van der Waals surface area (Å²) in [4.78, 5) is 10.4. The molecule has 0 aliphatic rings. The molecule has 0 saturated heterocycles. The number of nitrogens with two attached hydrogens (primary N) is 1. The van der Waals surface area contributed by atoms with Crippen LogP contribution in [-0.2, 0) is 4.74 Å². The molecule has 0 aliphatic carbocycles. The third-order valence-corrected chi connectivity index (χ3v) is 2.30. The summed E-state index contributed by atoms with van der Waals surface area (Å²) in [5.41, 5.74) is 5.73. The number of hydrogen-bond acceptors (Lipinski definition) is 6.